The van der Waals surface area contributed by atoms with Gasteiger partial charge >= 0.3 is 12.3 Å². The van der Waals surface area contributed by atoms with Gasteiger partial charge in [-0.25, -0.2) is 13.2 Å². The van der Waals surface area contributed by atoms with E-state index in [0.29, 0.717) is 12.1 Å². The summed E-state index contributed by atoms with van der Waals surface area (Å²) in [5.41, 5.74) is -1.14. The first kappa shape index (κ1) is 16.4. The average molecular weight is 335 g/mol. The number of ether oxygens (including phenoxy) is 1. The summed E-state index contributed by atoms with van der Waals surface area (Å²) in [6, 6.07) is 5.37. The van der Waals surface area contributed by atoms with Crippen molar-refractivity contribution in [3.63, 3.8) is 0 Å². The largest absolute Gasteiger partial charge is 0.443 e. The number of cyclic esters (lactones) is 1. The van der Waals surface area contributed by atoms with Crippen LogP contribution in [0.2, 0.25) is 0 Å². The number of nitrogens with one attached hydrogen (secondary N) is 1. The smallest absolute Gasteiger partial charge is 0.417 e. The van der Waals surface area contributed by atoms with Crippen molar-refractivity contribution in [1.82, 2.24) is 5.32 Å². The molecule has 0 radical (unpaired) electrons. The molecule has 22 heavy (non-hydrogen) atoms. The van der Waals surface area contributed by atoms with E-state index in [1.807, 2.05) is 0 Å². The predicted molar refractivity (Wildman–Crippen MR) is 68.7 cm³/mol. The van der Waals surface area contributed by atoms with Crippen LogP contribution in [0.1, 0.15) is 19.4 Å². The van der Waals surface area contributed by atoms with Crippen LogP contribution in [0, 0.1) is 12.1 Å². The third kappa shape index (κ3) is 2.70. The molecule has 0 aliphatic carbocycles. The number of sulfone groups is 1. The first-order chi connectivity index (χ1) is 9.96. The molecule has 1 amide bonds. The molecule has 5 nitrogen and oxygen atoms in total. The van der Waals surface area contributed by atoms with E-state index >= 15 is 0 Å². The van der Waals surface area contributed by atoms with Crippen molar-refractivity contribution >= 4 is 15.9 Å². The zero-order chi connectivity index (χ0) is 16.8. The Morgan fingerprint density at radius 1 is 1.36 bits per heavy atom. The van der Waals surface area contributed by atoms with Gasteiger partial charge in [0.2, 0.25) is 0 Å². The van der Waals surface area contributed by atoms with Gasteiger partial charge in [0, 0.05) is 6.07 Å². The van der Waals surface area contributed by atoms with Crippen LogP contribution in [0.25, 0.3) is 0 Å². The van der Waals surface area contributed by atoms with Gasteiger partial charge in [0.05, 0.1) is 12.1 Å². The predicted octanol–water partition coefficient (Wildman–Crippen LogP) is 1.97. The Bertz CT molecular complexity index is 697. The zero-order valence-electron chi connectivity index (χ0n) is 11.6. The molecule has 0 aromatic heterocycles. The number of alkyl halides is 3. The fourth-order valence-electron chi connectivity index (χ4n) is 1.95. The normalized spacial score (nSPS) is 19.3. The summed E-state index contributed by atoms with van der Waals surface area (Å²) >= 11 is 0. The van der Waals surface area contributed by atoms with Crippen molar-refractivity contribution < 1.29 is 31.1 Å². The number of alkyl carbamates (subject to hydrolysis) is 1. The van der Waals surface area contributed by atoms with Crippen LogP contribution in [-0.2, 0) is 20.8 Å². The van der Waals surface area contributed by atoms with Crippen molar-refractivity contribution in [2.75, 3.05) is 6.54 Å². The summed E-state index contributed by atoms with van der Waals surface area (Å²) in [4.78, 5) is 10.4. The summed E-state index contributed by atoms with van der Waals surface area (Å²) in [6.45, 7) is 2.51. The van der Waals surface area contributed by atoms with Crippen LogP contribution < -0.4 is 5.32 Å². The van der Waals surface area contributed by atoms with Crippen molar-refractivity contribution in [2.45, 2.75) is 35.8 Å². The minimum absolute atomic E-state index is 0.0479. The van der Waals surface area contributed by atoms with Crippen molar-refractivity contribution in [3.05, 3.63) is 29.8 Å². The van der Waals surface area contributed by atoms with Crippen LogP contribution in [0.3, 0.4) is 0 Å². The average Bonchev–Trinajstić information content (AvgIpc) is 2.85. The van der Waals surface area contributed by atoms with Crippen molar-refractivity contribution in [3.8, 4) is 0 Å². The molecule has 1 aliphatic rings. The summed E-state index contributed by atoms with van der Waals surface area (Å²) in [5.74, 6) is 0. The van der Waals surface area contributed by atoms with Crippen LogP contribution in [0.5, 0.6) is 0 Å². The van der Waals surface area contributed by atoms with Gasteiger partial charge < -0.3 is 10.1 Å². The van der Waals surface area contributed by atoms with Crippen LogP contribution in [0.4, 0.5) is 18.0 Å². The minimum atomic E-state index is -4.69. The van der Waals surface area contributed by atoms with E-state index in [0.717, 1.165) is 0 Å². The maximum Gasteiger partial charge on any atom is 0.417 e. The molecule has 1 fully saturated rings. The lowest BCUT2D eigenvalue weighted by Crippen LogP contribution is -2.45. The van der Waals surface area contributed by atoms with Gasteiger partial charge in [0.25, 0.3) is 0 Å². The number of rotatable bonds is 3. The minimum Gasteiger partial charge on any atom is -0.443 e. The lowest BCUT2D eigenvalue weighted by molar-refractivity contribution is -0.137. The molecular formula is C13H12F3NO4S. The third-order valence-corrected chi connectivity index (χ3v) is 5.92. The van der Waals surface area contributed by atoms with E-state index in [2.05, 4.69) is 17.4 Å². The highest BCUT2D eigenvalue weighted by Crippen LogP contribution is 2.34. The van der Waals surface area contributed by atoms with E-state index in [4.69, 9.17) is 4.74 Å². The van der Waals surface area contributed by atoms with E-state index < -0.39 is 43.4 Å². The molecule has 0 bridgehead atoms. The lowest BCUT2D eigenvalue weighted by Gasteiger charge is -2.28. The molecule has 1 atom stereocenters. The molecule has 2 rings (SSSR count). The first-order valence-electron chi connectivity index (χ1n) is 6.16. The topological polar surface area (TPSA) is 72.5 Å². The molecule has 120 valence electrons. The number of hydrogen-bond acceptors (Lipinski definition) is 4. The first-order valence-corrected chi connectivity index (χ1v) is 7.64. The van der Waals surface area contributed by atoms with Crippen LogP contribution >= 0.6 is 0 Å². The van der Waals surface area contributed by atoms with Gasteiger partial charge in [-0.2, -0.15) is 13.2 Å². The number of halogens is 3. The second-order valence-electron chi connectivity index (χ2n) is 5.26. The molecule has 1 aromatic rings. The Kier molecular flexibility index (Phi) is 3.77. The molecule has 9 heteroatoms. The summed E-state index contributed by atoms with van der Waals surface area (Å²) in [7, 11) is -4.23. The number of carbonyl (C=O) groups is 1. The van der Waals surface area contributed by atoms with Gasteiger partial charge in [-0.05, 0) is 26.0 Å². The molecule has 1 N–H and O–H groups in total. The molecular weight excluding hydrogens is 323 g/mol. The van der Waals surface area contributed by atoms with E-state index in [9.17, 15) is 26.4 Å². The fraction of sp³-hybridized carbons (Fsp3) is 0.462. The van der Waals surface area contributed by atoms with E-state index in [1.54, 1.807) is 0 Å². The molecule has 1 unspecified atom stereocenters. The highest BCUT2D eigenvalue weighted by atomic mass is 32.2. The molecule has 1 heterocycles. The van der Waals surface area contributed by atoms with Crippen LogP contribution in [0.15, 0.2) is 17.0 Å². The molecule has 0 spiro atoms. The monoisotopic (exact) mass is 335 g/mol. The summed E-state index contributed by atoms with van der Waals surface area (Å²) in [5, 5.41) is 2.31. The number of amides is 1. The van der Waals surface area contributed by atoms with E-state index in [1.165, 1.54) is 13.8 Å². The molecule has 1 saturated heterocycles. The quantitative estimate of drug-likeness (QED) is 0.917. The Hall–Kier alpha value is -1.95. The second kappa shape index (κ2) is 5.05. The SMILES string of the molecule is CC(C)(C1CNC(=O)O1)S(=O)(=O)c1c#ccc(C(F)(F)F)c1. The standard InChI is InChI=1S/C13H12F3NO4S/c1-12(2,10-7-17-11(18)21-10)22(19,20)9-5-3-4-8(6-9)13(14,15)16/h4,6,10H,7H2,1-2H3,(H,17,18). The van der Waals surface area contributed by atoms with Crippen LogP contribution in [-0.4, -0.2) is 31.9 Å². The van der Waals surface area contributed by atoms with Crippen molar-refractivity contribution in [2.24, 2.45) is 0 Å². The van der Waals surface area contributed by atoms with E-state index in [-0.39, 0.29) is 6.54 Å². The van der Waals surface area contributed by atoms with Gasteiger partial charge in [-0.3, -0.25) is 0 Å². The molecule has 0 saturated carbocycles. The van der Waals surface area contributed by atoms with Gasteiger partial charge in [-0.15, -0.1) is 0 Å². The zero-order valence-corrected chi connectivity index (χ0v) is 12.4. The Morgan fingerprint density at radius 2 is 2.00 bits per heavy atom. The number of hydrogen-bond donors (Lipinski definition) is 1. The summed E-state index contributed by atoms with van der Waals surface area (Å²) < 4.78 is 66.5. The van der Waals surface area contributed by atoms with Gasteiger partial charge in [0.1, 0.15) is 15.7 Å². The lowest BCUT2D eigenvalue weighted by atomic mass is 10.1. The second-order valence-corrected chi connectivity index (χ2v) is 7.76. The Morgan fingerprint density at radius 3 is 2.50 bits per heavy atom. The highest BCUT2D eigenvalue weighted by molar-refractivity contribution is 7.92. The molecule has 1 aromatic carbocycles. The highest BCUT2D eigenvalue weighted by Gasteiger charge is 2.48. The fourth-order valence-corrected chi connectivity index (χ4v) is 3.46. The van der Waals surface area contributed by atoms with Gasteiger partial charge in [-0.1, -0.05) is 6.07 Å². The Balaban J connectivity index is 2.44. The number of carbonyl (C=O) groups excluding carboxylic acids is 1. The maximum atomic E-state index is 12.7. The third-order valence-electron chi connectivity index (χ3n) is 3.48. The van der Waals surface area contributed by atoms with Gasteiger partial charge in [0.15, 0.2) is 9.84 Å². The molecule has 1 aliphatic heterocycles. The summed E-state index contributed by atoms with van der Waals surface area (Å²) in [6.07, 6.45) is -6.48. The Labute approximate surface area is 125 Å². The van der Waals surface area contributed by atoms with Crippen molar-refractivity contribution in [1.29, 1.82) is 0 Å². The maximum absolute atomic E-state index is 12.7.